The van der Waals surface area contributed by atoms with Crippen LogP contribution in [0.2, 0.25) is 0 Å². The first-order valence-electron chi connectivity index (χ1n) is 13.2. The van der Waals surface area contributed by atoms with Crippen LogP contribution in [0.1, 0.15) is 45.7 Å². The molecule has 0 aliphatic heterocycles. The molecule has 0 unspecified atom stereocenters. The molecular formula is C31H25F3N4O2S2. The molecule has 2 aromatic heterocycles. The van der Waals surface area contributed by atoms with Crippen LogP contribution in [0.25, 0.3) is 27.5 Å². The number of aromatic nitrogens is 3. The maximum Gasteiger partial charge on any atom is 0.355 e. The Balaban J connectivity index is 1.54. The standard InChI is InChI=1S/C31H25F3N4O2S2/c1-16-10-19(5-7-23(16)32)21-14-20(6-8-24(21)33)29-22(11-18-4-9-28(42-35)25(34)12-18)27(13-17-2-3-17)38(37-29)31-36-26(15-41-31)30(39)40/h4-10,12,14-15,17H,2-3,11,13,35H2,1H3,(H,39,40). The summed E-state index contributed by atoms with van der Waals surface area (Å²) in [7, 11) is 0. The zero-order valence-electron chi connectivity index (χ0n) is 22.4. The van der Waals surface area contributed by atoms with Crippen LogP contribution in [-0.4, -0.2) is 25.8 Å². The maximum atomic E-state index is 15.1. The summed E-state index contributed by atoms with van der Waals surface area (Å²) < 4.78 is 45.5. The number of halogens is 3. The van der Waals surface area contributed by atoms with Crippen LogP contribution in [0.15, 0.2) is 64.9 Å². The molecule has 3 aromatic carbocycles. The van der Waals surface area contributed by atoms with Crippen molar-refractivity contribution in [1.82, 2.24) is 14.8 Å². The molecule has 3 N–H and O–H groups in total. The van der Waals surface area contributed by atoms with E-state index in [9.17, 15) is 18.7 Å². The van der Waals surface area contributed by atoms with Crippen LogP contribution < -0.4 is 5.14 Å². The number of nitrogens with zero attached hydrogens (tertiary/aromatic N) is 3. The summed E-state index contributed by atoms with van der Waals surface area (Å²) in [5.74, 6) is -1.98. The first kappa shape index (κ1) is 28.2. The molecule has 6 nitrogen and oxygen atoms in total. The fraction of sp³-hybridized carbons (Fsp3) is 0.194. The lowest BCUT2D eigenvalue weighted by atomic mass is 9.94. The van der Waals surface area contributed by atoms with Gasteiger partial charge in [0.15, 0.2) is 5.69 Å². The Hall–Kier alpha value is -3.93. The molecule has 214 valence electrons. The molecule has 1 aliphatic rings. The Kier molecular flexibility index (Phi) is 7.65. The van der Waals surface area contributed by atoms with Gasteiger partial charge in [0.1, 0.15) is 17.5 Å². The van der Waals surface area contributed by atoms with Gasteiger partial charge in [-0.25, -0.2) is 27.6 Å². The lowest BCUT2D eigenvalue weighted by Crippen LogP contribution is -2.06. The van der Waals surface area contributed by atoms with Crippen molar-refractivity contribution in [3.63, 3.8) is 0 Å². The van der Waals surface area contributed by atoms with Gasteiger partial charge in [-0.05, 0) is 103 Å². The van der Waals surface area contributed by atoms with E-state index >= 15 is 4.39 Å². The zero-order chi connectivity index (χ0) is 29.5. The summed E-state index contributed by atoms with van der Waals surface area (Å²) in [6.07, 6.45) is 3.11. The average Bonchev–Trinajstić information content (AvgIpc) is 3.53. The second-order valence-electron chi connectivity index (χ2n) is 10.4. The smallest absolute Gasteiger partial charge is 0.355 e. The highest BCUT2D eigenvalue weighted by Gasteiger charge is 2.29. The van der Waals surface area contributed by atoms with Gasteiger partial charge in [0.05, 0.1) is 16.3 Å². The van der Waals surface area contributed by atoms with Crippen molar-refractivity contribution in [3.05, 3.63) is 106 Å². The van der Waals surface area contributed by atoms with E-state index in [1.165, 1.54) is 41.0 Å². The molecule has 0 atom stereocenters. The summed E-state index contributed by atoms with van der Waals surface area (Å²) in [6, 6.07) is 14.0. The van der Waals surface area contributed by atoms with Gasteiger partial charge in [0, 0.05) is 28.5 Å². The number of rotatable bonds is 9. The molecule has 0 saturated heterocycles. The lowest BCUT2D eigenvalue weighted by Gasteiger charge is -2.11. The number of aryl methyl sites for hydroxylation is 1. The third-order valence-corrected chi connectivity index (χ3v) is 8.78. The average molecular weight is 607 g/mol. The van der Waals surface area contributed by atoms with E-state index < -0.39 is 17.6 Å². The van der Waals surface area contributed by atoms with Gasteiger partial charge in [-0.2, -0.15) is 5.10 Å². The number of carbonyl (C=O) groups is 1. The fourth-order valence-electron chi connectivity index (χ4n) is 4.99. The van der Waals surface area contributed by atoms with Gasteiger partial charge in [-0.1, -0.05) is 12.1 Å². The highest BCUT2D eigenvalue weighted by Crippen LogP contribution is 2.39. The number of hydrogen-bond donors (Lipinski definition) is 2. The molecule has 6 rings (SSSR count). The normalized spacial score (nSPS) is 13.1. The van der Waals surface area contributed by atoms with Gasteiger partial charge in [0.25, 0.3) is 0 Å². The van der Waals surface area contributed by atoms with Crippen molar-refractivity contribution < 1.29 is 23.1 Å². The van der Waals surface area contributed by atoms with Crippen LogP contribution >= 0.6 is 23.3 Å². The fourth-order valence-corrected chi connectivity index (χ4v) is 6.08. The van der Waals surface area contributed by atoms with Gasteiger partial charge in [-0.15, -0.1) is 11.3 Å². The Morgan fingerprint density at radius 2 is 1.81 bits per heavy atom. The first-order chi connectivity index (χ1) is 20.2. The van der Waals surface area contributed by atoms with Crippen molar-refractivity contribution in [2.75, 3.05) is 0 Å². The van der Waals surface area contributed by atoms with Crippen molar-refractivity contribution in [3.8, 4) is 27.5 Å². The minimum absolute atomic E-state index is 0.0846. The van der Waals surface area contributed by atoms with E-state index in [1.54, 1.807) is 35.9 Å². The molecule has 2 heterocycles. The summed E-state index contributed by atoms with van der Waals surface area (Å²) >= 11 is 2.00. The highest BCUT2D eigenvalue weighted by molar-refractivity contribution is 7.97. The molecule has 0 spiro atoms. The van der Waals surface area contributed by atoms with E-state index in [1.807, 2.05) is 6.07 Å². The van der Waals surface area contributed by atoms with Gasteiger partial charge < -0.3 is 5.11 Å². The van der Waals surface area contributed by atoms with Gasteiger partial charge >= 0.3 is 5.97 Å². The van der Waals surface area contributed by atoms with Gasteiger partial charge in [0.2, 0.25) is 5.13 Å². The van der Waals surface area contributed by atoms with Crippen molar-refractivity contribution in [2.24, 2.45) is 11.1 Å². The largest absolute Gasteiger partial charge is 0.476 e. The first-order valence-corrected chi connectivity index (χ1v) is 15.0. The molecule has 42 heavy (non-hydrogen) atoms. The van der Waals surface area contributed by atoms with Crippen LogP contribution in [0, 0.1) is 30.3 Å². The number of carboxylic acid groups (broad SMARTS) is 1. The SMILES string of the molecule is Cc1cc(-c2cc(-c3nn(-c4nc(C(=O)O)cs4)c(CC4CC4)c3Cc3ccc(SN)c(F)c3)ccc2F)ccc1F. The number of thiazole rings is 1. The van der Waals surface area contributed by atoms with Crippen LogP contribution in [-0.2, 0) is 12.8 Å². The van der Waals surface area contributed by atoms with E-state index in [0.717, 1.165) is 36.0 Å². The predicted octanol–water partition coefficient (Wildman–Crippen LogP) is 7.60. The van der Waals surface area contributed by atoms with Gasteiger partial charge in [-0.3, -0.25) is 5.14 Å². The van der Waals surface area contributed by atoms with E-state index in [4.69, 9.17) is 10.2 Å². The Labute approximate surface area is 248 Å². The topological polar surface area (TPSA) is 94.0 Å². The number of benzene rings is 3. The summed E-state index contributed by atoms with van der Waals surface area (Å²) in [5, 5.41) is 21.9. The Bertz CT molecular complexity index is 1830. The summed E-state index contributed by atoms with van der Waals surface area (Å²) in [6.45, 7) is 1.62. The van der Waals surface area contributed by atoms with E-state index in [2.05, 4.69) is 4.98 Å². The molecule has 0 amide bonds. The maximum absolute atomic E-state index is 15.1. The van der Waals surface area contributed by atoms with Crippen molar-refractivity contribution in [2.45, 2.75) is 37.5 Å². The monoisotopic (exact) mass is 606 g/mol. The second-order valence-corrected chi connectivity index (χ2v) is 11.9. The third kappa shape index (κ3) is 5.59. The number of nitrogens with two attached hydrogens (primary N) is 1. The van der Waals surface area contributed by atoms with E-state index in [-0.39, 0.29) is 17.1 Å². The molecule has 0 bridgehead atoms. The summed E-state index contributed by atoms with van der Waals surface area (Å²) in [5.41, 5.74) is 4.65. The quantitative estimate of drug-likeness (QED) is 0.168. The van der Waals surface area contributed by atoms with E-state index in [0.29, 0.717) is 56.7 Å². The molecule has 1 fully saturated rings. The molecule has 0 radical (unpaired) electrons. The molecule has 1 saturated carbocycles. The molecule has 5 aromatic rings. The minimum atomic E-state index is -1.14. The van der Waals surface area contributed by atoms with Crippen LogP contribution in [0.3, 0.4) is 0 Å². The van der Waals surface area contributed by atoms with Crippen molar-refractivity contribution >= 4 is 29.3 Å². The minimum Gasteiger partial charge on any atom is -0.476 e. The second kappa shape index (κ2) is 11.4. The zero-order valence-corrected chi connectivity index (χ0v) is 24.0. The molecule has 1 aliphatic carbocycles. The lowest BCUT2D eigenvalue weighted by molar-refractivity contribution is 0.0691. The Morgan fingerprint density at radius 3 is 2.48 bits per heavy atom. The highest BCUT2D eigenvalue weighted by atomic mass is 32.2. The summed E-state index contributed by atoms with van der Waals surface area (Å²) in [4.78, 5) is 16.2. The number of carboxylic acids is 1. The van der Waals surface area contributed by atoms with Crippen molar-refractivity contribution in [1.29, 1.82) is 0 Å². The van der Waals surface area contributed by atoms with Crippen LogP contribution in [0.4, 0.5) is 13.2 Å². The number of hydrogen-bond acceptors (Lipinski definition) is 6. The Morgan fingerprint density at radius 1 is 1.05 bits per heavy atom. The third-order valence-electron chi connectivity index (χ3n) is 7.37. The number of aromatic carboxylic acids is 1. The molecular weight excluding hydrogens is 581 g/mol. The molecule has 11 heteroatoms. The van der Waals surface area contributed by atoms with Crippen LogP contribution in [0.5, 0.6) is 0 Å². The predicted molar refractivity (Wildman–Crippen MR) is 157 cm³/mol.